The minimum atomic E-state index is 0.870. The van der Waals surface area contributed by atoms with Crippen LogP contribution < -0.4 is 0 Å². The zero-order chi connectivity index (χ0) is 13.9. The van der Waals surface area contributed by atoms with Gasteiger partial charge >= 0.3 is 0 Å². The van der Waals surface area contributed by atoms with Crippen LogP contribution in [-0.2, 0) is 0 Å². The lowest BCUT2D eigenvalue weighted by Gasteiger charge is -2.05. The van der Waals surface area contributed by atoms with Crippen molar-refractivity contribution < 1.29 is 0 Å². The van der Waals surface area contributed by atoms with Crippen LogP contribution in [0.3, 0.4) is 0 Å². The molecule has 0 spiro atoms. The van der Waals surface area contributed by atoms with Crippen molar-refractivity contribution in [2.24, 2.45) is 0 Å². The largest absolute Gasteiger partial charge is 0.251 e. The zero-order valence-corrected chi connectivity index (χ0v) is 11.5. The SMILES string of the molecule is Cc1cccc(-c2cccc(-c3cccc(C)n3)n2)n1. The Balaban J connectivity index is 2.06. The molecular weight excluding hydrogens is 246 g/mol. The van der Waals surface area contributed by atoms with Crippen LogP contribution in [-0.4, -0.2) is 15.0 Å². The molecule has 0 aliphatic carbocycles. The molecule has 3 aromatic rings. The Kier molecular flexibility index (Phi) is 3.25. The van der Waals surface area contributed by atoms with Crippen molar-refractivity contribution in [1.29, 1.82) is 0 Å². The smallest absolute Gasteiger partial charge is 0.0894 e. The summed E-state index contributed by atoms with van der Waals surface area (Å²) in [5.41, 5.74) is 5.50. The van der Waals surface area contributed by atoms with Crippen molar-refractivity contribution in [1.82, 2.24) is 15.0 Å². The van der Waals surface area contributed by atoms with Gasteiger partial charge in [0.15, 0.2) is 0 Å². The number of aryl methyl sites for hydroxylation is 2. The van der Waals surface area contributed by atoms with Crippen molar-refractivity contribution in [2.75, 3.05) is 0 Å². The molecule has 3 aromatic heterocycles. The molecule has 0 fully saturated rings. The van der Waals surface area contributed by atoms with Gasteiger partial charge in [0.2, 0.25) is 0 Å². The predicted molar refractivity (Wildman–Crippen MR) is 80.2 cm³/mol. The molecule has 0 unspecified atom stereocenters. The molecule has 3 nitrogen and oxygen atoms in total. The van der Waals surface area contributed by atoms with E-state index in [-0.39, 0.29) is 0 Å². The van der Waals surface area contributed by atoms with Crippen molar-refractivity contribution >= 4 is 0 Å². The van der Waals surface area contributed by atoms with Gasteiger partial charge in [-0.3, -0.25) is 9.97 Å². The number of pyridine rings is 3. The second kappa shape index (κ2) is 5.21. The van der Waals surface area contributed by atoms with Crippen LogP contribution in [0.2, 0.25) is 0 Å². The number of aromatic nitrogens is 3. The molecule has 0 saturated heterocycles. The minimum Gasteiger partial charge on any atom is -0.251 e. The van der Waals surface area contributed by atoms with E-state index < -0.39 is 0 Å². The first-order valence-corrected chi connectivity index (χ1v) is 6.57. The van der Waals surface area contributed by atoms with Crippen LogP contribution in [0.5, 0.6) is 0 Å². The molecule has 0 saturated carbocycles. The second-order valence-corrected chi connectivity index (χ2v) is 4.74. The lowest BCUT2D eigenvalue weighted by molar-refractivity contribution is 1.15. The molecule has 3 rings (SSSR count). The molecule has 0 aromatic carbocycles. The summed E-state index contributed by atoms with van der Waals surface area (Å²) in [6.45, 7) is 3.96. The molecule has 0 N–H and O–H groups in total. The second-order valence-electron chi connectivity index (χ2n) is 4.74. The van der Waals surface area contributed by atoms with Gasteiger partial charge in [-0.2, -0.15) is 0 Å². The number of nitrogens with zero attached hydrogens (tertiary/aromatic N) is 3. The highest BCUT2D eigenvalue weighted by atomic mass is 14.8. The van der Waals surface area contributed by atoms with Gasteiger partial charge in [-0.1, -0.05) is 18.2 Å². The first-order chi connectivity index (χ1) is 9.72. The van der Waals surface area contributed by atoms with Gasteiger partial charge < -0.3 is 0 Å². The average Bonchev–Trinajstić information content (AvgIpc) is 2.47. The van der Waals surface area contributed by atoms with Crippen molar-refractivity contribution in [2.45, 2.75) is 13.8 Å². The number of rotatable bonds is 2. The Bertz CT molecular complexity index is 690. The van der Waals surface area contributed by atoms with E-state index in [9.17, 15) is 0 Å². The van der Waals surface area contributed by atoms with Crippen LogP contribution >= 0.6 is 0 Å². The Hall–Kier alpha value is -2.55. The first kappa shape index (κ1) is 12.5. The highest BCUT2D eigenvalue weighted by Crippen LogP contribution is 2.20. The van der Waals surface area contributed by atoms with E-state index in [2.05, 4.69) is 15.0 Å². The van der Waals surface area contributed by atoms with Gasteiger partial charge in [0.05, 0.1) is 22.8 Å². The van der Waals surface area contributed by atoms with E-state index in [1.165, 1.54) is 0 Å². The van der Waals surface area contributed by atoms with E-state index in [1.807, 2.05) is 68.4 Å². The average molecular weight is 261 g/mol. The molecule has 0 bridgehead atoms. The van der Waals surface area contributed by atoms with Crippen molar-refractivity contribution in [3.05, 3.63) is 66.0 Å². The van der Waals surface area contributed by atoms with E-state index >= 15 is 0 Å². The summed E-state index contributed by atoms with van der Waals surface area (Å²) in [6, 6.07) is 17.8. The van der Waals surface area contributed by atoms with Gasteiger partial charge in [0.1, 0.15) is 0 Å². The molecule has 0 aliphatic rings. The lowest BCUT2D eigenvalue weighted by atomic mass is 10.2. The Labute approximate surface area is 118 Å². The van der Waals surface area contributed by atoms with Crippen LogP contribution in [0.4, 0.5) is 0 Å². The highest BCUT2D eigenvalue weighted by molar-refractivity contribution is 5.61. The molecule has 3 heterocycles. The fourth-order valence-corrected chi connectivity index (χ4v) is 2.09. The maximum atomic E-state index is 4.67. The molecule has 0 atom stereocenters. The zero-order valence-electron chi connectivity index (χ0n) is 11.5. The molecule has 0 amide bonds. The highest BCUT2D eigenvalue weighted by Gasteiger charge is 2.05. The number of hydrogen-bond acceptors (Lipinski definition) is 3. The standard InChI is InChI=1S/C17H15N3/c1-12-6-3-8-14(18-12)16-10-5-11-17(20-16)15-9-4-7-13(2)19-15/h3-11H,1-2H3. The third-order valence-corrected chi connectivity index (χ3v) is 3.05. The van der Waals surface area contributed by atoms with E-state index in [4.69, 9.17) is 0 Å². The topological polar surface area (TPSA) is 38.7 Å². The Morgan fingerprint density at radius 2 is 0.850 bits per heavy atom. The van der Waals surface area contributed by atoms with Crippen molar-refractivity contribution in [3.8, 4) is 22.8 Å². The summed E-state index contributed by atoms with van der Waals surface area (Å²) in [6.07, 6.45) is 0. The van der Waals surface area contributed by atoms with Crippen LogP contribution in [0.1, 0.15) is 11.4 Å². The predicted octanol–water partition coefficient (Wildman–Crippen LogP) is 3.82. The Morgan fingerprint density at radius 3 is 1.25 bits per heavy atom. The number of hydrogen-bond donors (Lipinski definition) is 0. The van der Waals surface area contributed by atoms with E-state index in [0.717, 1.165) is 34.2 Å². The third-order valence-electron chi connectivity index (χ3n) is 3.05. The molecule has 98 valence electrons. The first-order valence-electron chi connectivity index (χ1n) is 6.57. The lowest BCUT2D eigenvalue weighted by Crippen LogP contribution is -1.93. The summed E-state index contributed by atoms with van der Waals surface area (Å²) in [4.78, 5) is 13.7. The molecule has 20 heavy (non-hydrogen) atoms. The fraction of sp³-hybridized carbons (Fsp3) is 0.118. The van der Waals surface area contributed by atoms with Gasteiger partial charge in [0.25, 0.3) is 0 Å². The molecular formula is C17H15N3. The molecule has 0 aliphatic heterocycles. The summed E-state index contributed by atoms with van der Waals surface area (Å²) in [7, 11) is 0. The van der Waals surface area contributed by atoms with Gasteiger partial charge in [-0.05, 0) is 50.2 Å². The van der Waals surface area contributed by atoms with Gasteiger partial charge in [0, 0.05) is 11.4 Å². The van der Waals surface area contributed by atoms with Crippen LogP contribution in [0.25, 0.3) is 22.8 Å². The van der Waals surface area contributed by atoms with Crippen LogP contribution in [0.15, 0.2) is 54.6 Å². The summed E-state index contributed by atoms with van der Waals surface area (Å²) < 4.78 is 0. The maximum Gasteiger partial charge on any atom is 0.0894 e. The summed E-state index contributed by atoms with van der Waals surface area (Å²) in [5, 5.41) is 0. The molecule has 3 heteroatoms. The molecule has 0 radical (unpaired) electrons. The van der Waals surface area contributed by atoms with Crippen molar-refractivity contribution in [3.63, 3.8) is 0 Å². The third kappa shape index (κ3) is 2.57. The van der Waals surface area contributed by atoms with Gasteiger partial charge in [-0.15, -0.1) is 0 Å². The summed E-state index contributed by atoms with van der Waals surface area (Å²) >= 11 is 0. The summed E-state index contributed by atoms with van der Waals surface area (Å²) in [5.74, 6) is 0. The minimum absolute atomic E-state index is 0.870. The monoisotopic (exact) mass is 261 g/mol. The van der Waals surface area contributed by atoms with E-state index in [1.54, 1.807) is 0 Å². The normalized spacial score (nSPS) is 10.5. The quantitative estimate of drug-likeness (QED) is 0.704. The maximum absolute atomic E-state index is 4.67. The van der Waals surface area contributed by atoms with E-state index in [0.29, 0.717) is 0 Å². The fourth-order valence-electron chi connectivity index (χ4n) is 2.09. The van der Waals surface area contributed by atoms with Gasteiger partial charge in [-0.25, -0.2) is 4.98 Å². The van der Waals surface area contributed by atoms with Crippen LogP contribution in [0, 0.1) is 13.8 Å². The Morgan fingerprint density at radius 1 is 0.500 bits per heavy atom.